The molecule has 0 spiro atoms. The van der Waals surface area contributed by atoms with Crippen LogP contribution in [-0.4, -0.2) is 42.1 Å². The van der Waals surface area contributed by atoms with Gasteiger partial charge in [-0.25, -0.2) is 9.97 Å². The summed E-state index contributed by atoms with van der Waals surface area (Å²) < 4.78 is 44.0. The molecule has 0 aliphatic carbocycles. The number of ether oxygens (including phenoxy) is 1. The lowest BCUT2D eigenvalue weighted by molar-refractivity contribution is -0.141. The maximum absolute atomic E-state index is 13.0. The minimum Gasteiger partial charge on any atom is -0.497 e. The number of aryl methyl sites for hydroxylation is 1. The molecule has 3 rings (SSSR count). The first-order chi connectivity index (χ1) is 13.3. The number of carbonyl (C=O) groups excluding carboxylic acids is 1. The molecule has 0 saturated carbocycles. The van der Waals surface area contributed by atoms with E-state index in [0.717, 1.165) is 6.07 Å². The molecule has 1 saturated heterocycles. The zero-order valence-corrected chi connectivity index (χ0v) is 15.6. The first-order valence-corrected chi connectivity index (χ1v) is 8.89. The number of carbonyl (C=O) groups is 1. The second kappa shape index (κ2) is 8.04. The lowest BCUT2D eigenvalue weighted by atomic mass is 10.0. The number of halogens is 3. The van der Waals surface area contributed by atoms with E-state index in [2.05, 4.69) is 15.3 Å². The van der Waals surface area contributed by atoms with Crippen LogP contribution in [0.5, 0.6) is 5.75 Å². The molecule has 2 heterocycles. The fourth-order valence-corrected chi connectivity index (χ4v) is 3.12. The minimum atomic E-state index is -4.51. The van der Waals surface area contributed by atoms with Crippen molar-refractivity contribution < 1.29 is 22.7 Å². The van der Waals surface area contributed by atoms with E-state index < -0.39 is 11.9 Å². The van der Waals surface area contributed by atoms with Crippen molar-refractivity contribution in [1.82, 2.24) is 15.3 Å². The van der Waals surface area contributed by atoms with Gasteiger partial charge in [-0.2, -0.15) is 13.2 Å². The number of anilines is 1. The molecule has 0 unspecified atom stereocenters. The Bertz CT molecular complexity index is 832. The first kappa shape index (κ1) is 19.9. The summed E-state index contributed by atoms with van der Waals surface area (Å²) in [4.78, 5) is 21.8. The number of alkyl halides is 3. The summed E-state index contributed by atoms with van der Waals surface area (Å²) in [6, 6.07) is 7.73. The van der Waals surface area contributed by atoms with Crippen molar-refractivity contribution in [1.29, 1.82) is 0 Å². The van der Waals surface area contributed by atoms with Crippen molar-refractivity contribution in [3.05, 3.63) is 47.4 Å². The fraction of sp³-hybridized carbons (Fsp3) is 0.421. The number of piperidine rings is 1. The van der Waals surface area contributed by atoms with E-state index in [9.17, 15) is 18.0 Å². The normalized spacial score (nSPS) is 15.4. The van der Waals surface area contributed by atoms with Crippen LogP contribution in [0.2, 0.25) is 0 Å². The fourth-order valence-electron chi connectivity index (χ4n) is 3.12. The van der Waals surface area contributed by atoms with Crippen LogP contribution in [0.15, 0.2) is 30.3 Å². The molecule has 9 heteroatoms. The Morgan fingerprint density at radius 2 is 1.82 bits per heavy atom. The Labute approximate surface area is 160 Å². The second-order valence-electron chi connectivity index (χ2n) is 6.62. The van der Waals surface area contributed by atoms with Crippen LogP contribution in [0.25, 0.3) is 0 Å². The van der Waals surface area contributed by atoms with E-state index >= 15 is 0 Å². The lowest BCUT2D eigenvalue weighted by Gasteiger charge is -2.33. The number of hydrogen-bond acceptors (Lipinski definition) is 5. The number of methoxy groups -OCH3 is 1. The van der Waals surface area contributed by atoms with Crippen LogP contribution < -0.4 is 15.0 Å². The van der Waals surface area contributed by atoms with Gasteiger partial charge in [-0.15, -0.1) is 0 Å². The van der Waals surface area contributed by atoms with Crippen LogP contribution in [0.3, 0.4) is 0 Å². The van der Waals surface area contributed by atoms with Gasteiger partial charge in [0.15, 0.2) is 0 Å². The lowest BCUT2D eigenvalue weighted by Crippen LogP contribution is -2.45. The van der Waals surface area contributed by atoms with Crippen molar-refractivity contribution in [3.8, 4) is 5.75 Å². The summed E-state index contributed by atoms with van der Waals surface area (Å²) in [6.45, 7) is 2.45. The van der Waals surface area contributed by atoms with Crippen LogP contribution in [0, 0.1) is 6.92 Å². The highest BCUT2D eigenvalue weighted by Gasteiger charge is 2.34. The average Bonchev–Trinajstić information content (AvgIpc) is 2.67. The molecule has 1 aliphatic rings. The molecule has 1 N–H and O–H groups in total. The van der Waals surface area contributed by atoms with E-state index in [1.54, 1.807) is 36.3 Å². The van der Waals surface area contributed by atoms with Gasteiger partial charge in [0, 0.05) is 30.8 Å². The van der Waals surface area contributed by atoms with Gasteiger partial charge in [0.1, 0.15) is 23.1 Å². The van der Waals surface area contributed by atoms with Crippen LogP contribution in [0.4, 0.5) is 19.0 Å². The van der Waals surface area contributed by atoms with Gasteiger partial charge in [0.05, 0.1) is 7.11 Å². The summed E-state index contributed by atoms with van der Waals surface area (Å²) in [5, 5.41) is 2.97. The predicted octanol–water partition coefficient (Wildman–Crippen LogP) is 3.21. The largest absolute Gasteiger partial charge is 0.497 e. The molecule has 1 aliphatic heterocycles. The Hall–Kier alpha value is -2.84. The maximum atomic E-state index is 13.0. The molecular weight excluding hydrogens is 373 g/mol. The SMILES string of the molecule is COc1ccc(C(=O)NC2CCN(c3cc(C(F)(F)F)nc(C)n3)CC2)cc1. The average molecular weight is 394 g/mol. The highest BCUT2D eigenvalue weighted by Crippen LogP contribution is 2.30. The van der Waals surface area contributed by atoms with E-state index in [4.69, 9.17) is 4.74 Å². The number of benzene rings is 1. The zero-order valence-electron chi connectivity index (χ0n) is 15.6. The van der Waals surface area contributed by atoms with Crippen LogP contribution >= 0.6 is 0 Å². The number of hydrogen-bond donors (Lipinski definition) is 1. The smallest absolute Gasteiger partial charge is 0.433 e. The summed E-state index contributed by atoms with van der Waals surface area (Å²) in [5.41, 5.74) is -0.408. The third-order valence-electron chi connectivity index (χ3n) is 4.62. The molecule has 28 heavy (non-hydrogen) atoms. The van der Waals surface area contributed by atoms with Gasteiger partial charge in [-0.05, 0) is 44.0 Å². The third kappa shape index (κ3) is 4.71. The van der Waals surface area contributed by atoms with Crippen LogP contribution in [-0.2, 0) is 6.18 Å². The van der Waals surface area contributed by atoms with Gasteiger partial charge in [0.2, 0.25) is 0 Å². The maximum Gasteiger partial charge on any atom is 0.433 e. The zero-order chi connectivity index (χ0) is 20.3. The molecule has 0 bridgehead atoms. The highest BCUT2D eigenvalue weighted by atomic mass is 19.4. The molecule has 6 nitrogen and oxygen atoms in total. The molecule has 0 atom stereocenters. The number of nitrogens with zero attached hydrogens (tertiary/aromatic N) is 3. The van der Waals surface area contributed by atoms with Crippen molar-refractivity contribution in [2.24, 2.45) is 0 Å². The molecule has 0 radical (unpaired) electrons. The Kier molecular flexibility index (Phi) is 5.71. The second-order valence-corrected chi connectivity index (χ2v) is 6.62. The Morgan fingerprint density at radius 3 is 2.39 bits per heavy atom. The standard InChI is InChI=1S/C19H21F3N4O2/c1-12-23-16(19(20,21)22)11-17(24-12)26-9-7-14(8-10-26)25-18(27)13-3-5-15(28-2)6-4-13/h3-6,11,14H,7-10H2,1-2H3,(H,25,27). The molecule has 1 aromatic carbocycles. The molecule has 2 aromatic rings. The monoisotopic (exact) mass is 394 g/mol. The summed E-state index contributed by atoms with van der Waals surface area (Å²) in [5.74, 6) is 0.834. The van der Waals surface area contributed by atoms with E-state index in [1.807, 2.05) is 0 Å². The molecule has 1 fully saturated rings. The number of rotatable bonds is 4. The summed E-state index contributed by atoms with van der Waals surface area (Å²) in [7, 11) is 1.56. The molecular formula is C19H21F3N4O2. The molecule has 1 amide bonds. The summed E-state index contributed by atoms with van der Waals surface area (Å²) in [6.07, 6.45) is -3.27. The molecule has 1 aromatic heterocycles. The van der Waals surface area contributed by atoms with Gasteiger partial charge in [0.25, 0.3) is 5.91 Å². The Morgan fingerprint density at radius 1 is 1.18 bits per heavy atom. The van der Waals surface area contributed by atoms with Gasteiger partial charge < -0.3 is 15.0 Å². The Balaban J connectivity index is 1.60. The quantitative estimate of drug-likeness (QED) is 0.863. The number of aromatic nitrogens is 2. The predicted molar refractivity (Wildman–Crippen MR) is 97.5 cm³/mol. The minimum absolute atomic E-state index is 0.0455. The van der Waals surface area contributed by atoms with E-state index in [0.29, 0.717) is 37.2 Å². The third-order valence-corrected chi connectivity index (χ3v) is 4.62. The van der Waals surface area contributed by atoms with Gasteiger partial charge >= 0.3 is 6.18 Å². The van der Waals surface area contributed by atoms with Gasteiger partial charge in [-0.3, -0.25) is 4.79 Å². The van der Waals surface area contributed by atoms with Crippen molar-refractivity contribution in [2.75, 3.05) is 25.1 Å². The van der Waals surface area contributed by atoms with Crippen molar-refractivity contribution >= 4 is 11.7 Å². The van der Waals surface area contributed by atoms with E-state index in [1.165, 1.54) is 6.92 Å². The first-order valence-electron chi connectivity index (χ1n) is 8.89. The van der Waals surface area contributed by atoms with Crippen molar-refractivity contribution in [2.45, 2.75) is 32.0 Å². The van der Waals surface area contributed by atoms with Gasteiger partial charge in [-0.1, -0.05) is 0 Å². The van der Waals surface area contributed by atoms with E-state index in [-0.39, 0.29) is 23.6 Å². The number of amides is 1. The molecule has 150 valence electrons. The van der Waals surface area contributed by atoms with Crippen LogP contribution in [0.1, 0.15) is 34.7 Å². The topological polar surface area (TPSA) is 67.3 Å². The van der Waals surface area contributed by atoms with Crippen molar-refractivity contribution in [3.63, 3.8) is 0 Å². The number of nitrogens with one attached hydrogen (secondary N) is 1. The highest BCUT2D eigenvalue weighted by molar-refractivity contribution is 5.94. The summed E-state index contributed by atoms with van der Waals surface area (Å²) >= 11 is 0.